The van der Waals surface area contributed by atoms with Gasteiger partial charge in [-0.05, 0) is 48.9 Å². The summed E-state index contributed by atoms with van der Waals surface area (Å²) in [6, 6.07) is 5.59. The second-order valence-corrected chi connectivity index (χ2v) is 4.50. The van der Waals surface area contributed by atoms with E-state index in [4.69, 9.17) is 10.8 Å². The van der Waals surface area contributed by atoms with E-state index in [-0.39, 0.29) is 0 Å². The van der Waals surface area contributed by atoms with Gasteiger partial charge in [0.25, 0.3) is 0 Å². The number of nitrogens with one attached hydrogen (secondary N) is 1. The number of anilines is 1. The van der Waals surface area contributed by atoms with Crippen molar-refractivity contribution in [1.82, 2.24) is 0 Å². The van der Waals surface area contributed by atoms with E-state index < -0.39 is 12.0 Å². The molecule has 17 heavy (non-hydrogen) atoms. The minimum absolute atomic E-state index is 0.437. The van der Waals surface area contributed by atoms with Gasteiger partial charge in [0.2, 0.25) is 0 Å². The fraction of sp³-hybridized carbons (Fsp3) is 0.462. The molecule has 4 N–H and O–H groups in total. The zero-order valence-corrected chi connectivity index (χ0v) is 9.78. The van der Waals surface area contributed by atoms with E-state index in [2.05, 4.69) is 23.5 Å². The zero-order valence-electron chi connectivity index (χ0n) is 9.78. The molecule has 4 heteroatoms. The van der Waals surface area contributed by atoms with Crippen LogP contribution in [0.2, 0.25) is 0 Å². The maximum absolute atomic E-state index is 10.5. The average molecular weight is 234 g/mol. The summed E-state index contributed by atoms with van der Waals surface area (Å²) in [6.07, 6.45) is 4.01. The Morgan fingerprint density at radius 2 is 2.18 bits per heavy atom. The molecule has 2 rings (SSSR count). The molecule has 0 spiro atoms. The third-order valence-corrected chi connectivity index (χ3v) is 3.20. The number of rotatable bonds is 5. The van der Waals surface area contributed by atoms with Crippen LogP contribution in [0.25, 0.3) is 0 Å². The smallest absolute Gasteiger partial charge is 0.320 e. The van der Waals surface area contributed by atoms with Crippen LogP contribution in [0.5, 0.6) is 0 Å². The standard InChI is InChI=1S/C13H18N2O2/c14-12(13(16)17)6-7-15-11-5-4-9-2-1-3-10(9)8-11/h4-5,8,12,15H,1-3,6-7,14H2,(H,16,17). The van der Waals surface area contributed by atoms with Crippen LogP contribution in [0.4, 0.5) is 5.69 Å². The normalized spacial score (nSPS) is 15.4. The van der Waals surface area contributed by atoms with Gasteiger partial charge in [0.1, 0.15) is 6.04 Å². The lowest BCUT2D eigenvalue weighted by molar-refractivity contribution is -0.138. The van der Waals surface area contributed by atoms with Crippen LogP contribution in [0, 0.1) is 0 Å². The van der Waals surface area contributed by atoms with Crippen molar-refractivity contribution in [3.8, 4) is 0 Å². The number of carboxylic acids is 1. The van der Waals surface area contributed by atoms with Crippen molar-refractivity contribution in [2.24, 2.45) is 5.73 Å². The second kappa shape index (κ2) is 5.19. The van der Waals surface area contributed by atoms with Crippen molar-refractivity contribution in [3.05, 3.63) is 29.3 Å². The van der Waals surface area contributed by atoms with Gasteiger partial charge in [-0.25, -0.2) is 0 Å². The Balaban J connectivity index is 1.85. The Hall–Kier alpha value is -1.55. The summed E-state index contributed by atoms with van der Waals surface area (Å²) in [7, 11) is 0. The highest BCUT2D eigenvalue weighted by atomic mass is 16.4. The van der Waals surface area contributed by atoms with Crippen molar-refractivity contribution < 1.29 is 9.90 Å². The van der Waals surface area contributed by atoms with Gasteiger partial charge in [0.05, 0.1) is 0 Å². The summed E-state index contributed by atoms with van der Waals surface area (Å²) < 4.78 is 0. The Morgan fingerprint density at radius 1 is 1.41 bits per heavy atom. The molecule has 0 radical (unpaired) electrons. The highest BCUT2D eigenvalue weighted by molar-refractivity contribution is 5.73. The summed E-state index contributed by atoms with van der Waals surface area (Å²) >= 11 is 0. The summed E-state index contributed by atoms with van der Waals surface area (Å²) in [6.45, 7) is 0.590. The van der Waals surface area contributed by atoms with E-state index in [0.29, 0.717) is 13.0 Å². The number of benzene rings is 1. The predicted molar refractivity (Wildman–Crippen MR) is 67.2 cm³/mol. The molecule has 1 aromatic carbocycles. The lowest BCUT2D eigenvalue weighted by Crippen LogP contribution is -2.32. The van der Waals surface area contributed by atoms with Crippen molar-refractivity contribution in [2.45, 2.75) is 31.7 Å². The summed E-state index contributed by atoms with van der Waals surface area (Å²) in [5, 5.41) is 11.9. The van der Waals surface area contributed by atoms with Crippen LogP contribution < -0.4 is 11.1 Å². The predicted octanol–water partition coefficient (Wildman–Crippen LogP) is 1.39. The Morgan fingerprint density at radius 3 is 2.94 bits per heavy atom. The lowest BCUT2D eigenvalue weighted by Gasteiger charge is -2.10. The molecule has 1 unspecified atom stereocenters. The molecule has 0 saturated carbocycles. The number of aliphatic carboxylic acids is 1. The first-order valence-corrected chi connectivity index (χ1v) is 6.01. The first-order chi connectivity index (χ1) is 8.16. The van der Waals surface area contributed by atoms with Gasteiger partial charge in [-0.1, -0.05) is 6.07 Å². The van der Waals surface area contributed by atoms with E-state index >= 15 is 0 Å². The van der Waals surface area contributed by atoms with Crippen LogP contribution >= 0.6 is 0 Å². The van der Waals surface area contributed by atoms with Gasteiger partial charge in [0, 0.05) is 12.2 Å². The molecule has 0 heterocycles. The average Bonchev–Trinajstić information content (AvgIpc) is 2.75. The minimum Gasteiger partial charge on any atom is -0.480 e. The molecular weight excluding hydrogens is 216 g/mol. The number of hydrogen-bond acceptors (Lipinski definition) is 3. The van der Waals surface area contributed by atoms with Gasteiger partial charge in [-0.15, -0.1) is 0 Å². The Bertz CT molecular complexity index is 418. The molecule has 4 nitrogen and oxygen atoms in total. The van der Waals surface area contributed by atoms with Gasteiger partial charge in [-0.3, -0.25) is 4.79 Å². The van der Waals surface area contributed by atoms with Crippen LogP contribution in [-0.2, 0) is 17.6 Å². The number of aryl methyl sites for hydroxylation is 2. The topological polar surface area (TPSA) is 75.3 Å². The Labute approximate surface area is 101 Å². The third-order valence-electron chi connectivity index (χ3n) is 3.20. The van der Waals surface area contributed by atoms with Crippen molar-refractivity contribution in [2.75, 3.05) is 11.9 Å². The fourth-order valence-electron chi connectivity index (χ4n) is 2.18. The number of nitrogens with two attached hydrogens (primary N) is 1. The third kappa shape index (κ3) is 2.97. The number of carbonyl (C=O) groups is 1. The van der Waals surface area contributed by atoms with E-state index in [1.807, 2.05) is 0 Å². The highest BCUT2D eigenvalue weighted by Crippen LogP contribution is 2.24. The summed E-state index contributed by atoms with van der Waals surface area (Å²) in [5.74, 6) is -0.944. The first-order valence-electron chi connectivity index (χ1n) is 6.01. The maximum atomic E-state index is 10.5. The summed E-state index contributed by atoms with van der Waals surface area (Å²) in [4.78, 5) is 10.5. The van der Waals surface area contributed by atoms with Crippen LogP contribution in [0.15, 0.2) is 18.2 Å². The van der Waals surface area contributed by atoms with Crippen molar-refractivity contribution >= 4 is 11.7 Å². The van der Waals surface area contributed by atoms with E-state index in [1.165, 1.54) is 24.0 Å². The van der Waals surface area contributed by atoms with Gasteiger partial charge < -0.3 is 16.2 Å². The van der Waals surface area contributed by atoms with Crippen LogP contribution in [0.1, 0.15) is 24.0 Å². The minimum atomic E-state index is -0.944. The molecule has 1 aromatic rings. The first kappa shape index (κ1) is 11.9. The lowest BCUT2D eigenvalue weighted by atomic mass is 10.1. The quantitative estimate of drug-likeness (QED) is 0.719. The molecule has 0 aromatic heterocycles. The zero-order chi connectivity index (χ0) is 12.3. The van der Waals surface area contributed by atoms with Crippen LogP contribution in [0.3, 0.4) is 0 Å². The molecular formula is C13H18N2O2. The number of hydrogen-bond donors (Lipinski definition) is 3. The second-order valence-electron chi connectivity index (χ2n) is 4.50. The van der Waals surface area contributed by atoms with Gasteiger partial charge in [-0.2, -0.15) is 0 Å². The SMILES string of the molecule is NC(CCNc1ccc2c(c1)CCC2)C(=O)O. The van der Waals surface area contributed by atoms with E-state index in [1.54, 1.807) is 0 Å². The van der Waals surface area contributed by atoms with Crippen LogP contribution in [-0.4, -0.2) is 23.7 Å². The van der Waals surface area contributed by atoms with Gasteiger partial charge >= 0.3 is 5.97 Å². The largest absolute Gasteiger partial charge is 0.480 e. The highest BCUT2D eigenvalue weighted by Gasteiger charge is 2.12. The molecule has 1 aliphatic rings. The number of carboxylic acid groups (broad SMARTS) is 1. The Kier molecular flexibility index (Phi) is 3.64. The molecule has 1 aliphatic carbocycles. The van der Waals surface area contributed by atoms with Crippen molar-refractivity contribution in [1.29, 1.82) is 0 Å². The number of fused-ring (bicyclic) bond motifs is 1. The van der Waals surface area contributed by atoms with Crippen molar-refractivity contribution in [3.63, 3.8) is 0 Å². The van der Waals surface area contributed by atoms with E-state index in [9.17, 15) is 4.79 Å². The molecule has 92 valence electrons. The fourth-order valence-corrected chi connectivity index (χ4v) is 2.18. The molecule has 1 atom stereocenters. The molecule has 0 aliphatic heterocycles. The van der Waals surface area contributed by atoms with Gasteiger partial charge in [0.15, 0.2) is 0 Å². The summed E-state index contributed by atoms with van der Waals surface area (Å²) in [5.41, 5.74) is 9.35. The molecule has 0 fully saturated rings. The van der Waals surface area contributed by atoms with E-state index in [0.717, 1.165) is 12.1 Å². The molecule has 0 bridgehead atoms. The maximum Gasteiger partial charge on any atom is 0.320 e. The molecule has 0 amide bonds. The molecule has 0 saturated heterocycles. The monoisotopic (exact) mass is 234 g/mol.